The van der Waals surface area contributed by atoms with Gasteiger partial charge in [-0.15, -0.1) is 0 Å². The van der Waals surface area contributed by atoms with Crippen LogP contribution >= 0.6 is 0 Å². The van der Waals surface area contributed by atoms with E-state index in [9.17, 15) is 27.6 Å². The Kier molecular flexibility index (Phi) is 9.27. The van der Waals surface area contributed by atoms with Crippen LogP contribution in [0.1, 0.15) is 37.4 Å². The molecule has 0 aliphatic rings. The molecule has 0 saturated carbocycles. The number of alkyl halides is 3. The van der Waals surface area contributed by atoms with Crippen molar-refractivity contribution in [2.24, 2.45) is 0 Å². The molecule has 0 aliphatic heterocycles. The van der Waals surface area contributed by atoms with Crippen LogP contribution in [0.15, 0.2) is 79.5 Å². The summed E-state index contributed by atoms with van der Waals surface area (Å²) >= 11 is 0. The Morgan fingerprint density at radius 1 is 0.841 bits per heavy atom. The van der Waals surface area contributed by atoms with E-state index >= 15 is 0 Å². The molecule has 0 radical (unpaired) electrons. The Morgan fingerprint density at radius 2 is 1.55 bits per heavy atom. The van der Waals surface area contributed by atoms with Gasteiger partial charge in [0.25, 0.3) is 11.8 Å². The minimum atomic E-state index is -4.55. The van der Waals surface area contributed by atoms with Crippen LogP contribution in [0.5, 0.6) is 0 Å². The van der Waals surface area contributed by atoms with Crippen molar-refractivity contribution in [1.29, 1.82) is 0 Å². The lowest BCUT2D eigenvalue weighted by Crippen LogP contribution is -2.18. The SMILES string of the molecule is C=CC(=O)Nc1cc(Nc2ncc(C(=O)Nc3cc(C(=O)Nc4cccc(C(F)(F)F)c4)ccc3C)c(NC)n2)ccc1C. The summed E-state index contributed by atoms with van der Waals surface area (Å²) in [5.74, 6) is -1.18. The number of aromatic nitrogens is 2. The van der Waals surface area contributed by atoms with Crippen molar-refractivity contribution in [2.75, 3.05) is 33.6 Å². The fourth-order valence-corrected chi connectivity index (χ4v) is 4.01. The maximum atomic E-state index is 13.2. The first-order chi connectivity index (χ1) is 20.9. The molecule has 226 valence electrons. The minimum absolute atomic E-state index is 0.0242. The van der Waals surface area contributed by atoms with Gasteiger partial charge in [0.1, 0.15) is 11.4 Å². The zero-order valence-corrected chi connectivity index (χ0v) is 23.9. The van der Waals surface area contributed by atoms with Gasteiger partial charge in [0.15, 0.2) is 0 Å². The number of benzene rings is 3. The molecule has 44 heavy (non-hydrogen) atoms. The highest BCUT2D eigenvalue weighted by molar-refractivity contribution is 6.09. The van der Waals surface area contributed by atoms with Gasteiger partial charge in [0, 0.05) is 41.6 Å². The van der Waals surface area contributed by atoms with Gasteiger partial charge < -0.3 is 26.6 Å². The van der Waals surface area contributed by atoms with Crippen LogP contribution in [0.2, 0.25) is 0 Å². The second-order valence-electron chi connectivity index (χ2n) is 9.57. The lowest BCUT2D eigenvalue weighted by molar-refractivity contribution is -0.137. The zero-order valence-electron chi connectivity index (χ0n) is 23.9. The third-order valence-corrected chi connectivity index (χ3v) is 6.40. The van der Waals surface area contributed by atoms with Gasteiger partial charge in [-0.1, -0.05) is 24.8 Å². The lowest BCUT2D eigenvalue weighted by Gasteiger charge is -2.14. The number of aryl methyl sites for hydroxylation is 2. The normalized spacial score (nSPS) is 10.9. The van der Waals surface area contributed by atoms with E-state index in [0.29, 0.717) is 22.6 Å². The number of carbonyl (C=O) groups is 3. The summed E-state index contributed by atoms with van der Waals surface area (Å²) in [6, 6.07) is 14.1. The molecule has 3 aromatic carbocycles. The number of nitrogens with zero attached hydrogens (tertiary/aromatic N) is 2. The van der Waals surface area contributed by atoms with Crippen LogP contribution in [-0.4, -0.2) is 34.7 Å². The maximum absolute atomic E-state index is 13.2. The molecule has 3 amide bonds. The first-order valence-corrected chi connectivity index (χ1v) is 13.1. The molecule has 10 nitrogen and oxygen atoms in total. The molecule has 4 aromatic rings. The van der Waals surface area contributed by atoms with Gasteiger partial charge in [-0.05, 0) is 73.5 Å². The van der Waals surface area contributed by atoms with Crippen molar-refractivity contribution in [1.82, 2.24) is 9.97 Å². The number of nitrogens with one attached hydrogen (secondary N) is 5. The molecule has 5 N–H and O–H groups in total. The first-order valence-electron chi connectivity index (χ1n) is 13.1. The van der Waals surface area contributed by atoms with Gasteiger partial charge in [0.2, 0.25) is 11.9 Å². The highest BCUT2D eigenvalue weighted by Gasteiger charge is 2.30. The number of rotatable bonds is 9. The van der Waals surface area contributed by atoms with E-state index < -0.39 is 23.6 Å². The number of hydrogen-bond acceptors (Lipinski definition) is 7. The summed E-state index contributed by atoms with van der Waals surface area (Å²) in [7, 11) is 1.59. The molecular weight excluding hydrogens is 575 g/mol. The Hall–Kier alpha value is -5.72. The summed E-state index contributed by atoms with van der Waals surface area (Å²) < 4.78 is 39.2. The number of anilines is 6. The minimum Gasteiger partial charge on any atom is -0.372 e. The van der Waals surface area contributed by atoms with Crippen LogP contribution in [0, 0.1) is 13.8 Å². The van der Waals surface area contributed by atoms with E-state index in [1.54, 1.807) is 38.2 Å². The summed E-state index contributed by atoms with van der Waals surface area (Å²) in [5.41, 5.74) is 2.26. The Labute approximate surface area is 250 Å². The number of carbonyl (C=O) groups excluding carboxylic acids is 3. The summed E-state index contributed by atoms with van der Waals surface area (Å²) in [6.45, 7) is 7.01. The van der Waals surface area contributed by atoms with Gasteiger partial charge >= 0.3 is 6.18 Å². The third-order valence-electron chi connectivity index (χ3n) is 6.40. The van der Waals surface area contributed by atoms with Crippen molar-refractivity contribution >= 4 is 52.2 Å². The predicted molar refractivity (Wildman–Crippen MR) is 163 cm³/mol. The van der Waals surface area contributed by atoms with Gasteiger partial charge in [-0.2, -0.15) is 18.2 Å². The second-order valence-corrected chi connectivity index (χ2v) is 9.57. The fraction of sp³-hybridized carbons (Fsp3) is 0.129. The highest BCUT2D eigenvalue weighted by Crippen LogP contribution is 2.31. The molecular formula is C31H28F3N7O3. The first kappa shape index (κ1) is 31.2. The zero-order chi connectivity index (χ0) is 32.0. The monoisotopic (exact) mass is 603 g/mol. The molecule has 0 spiro atoms. The fourth-order valence-electron chi connectivity index (χ4n) is 4.01. The third kappa shape index (κ3) is 7.56. The molecule has 0 fully saturated rings. The van der Waals surface area contributed by atoms with Crippen LogP contribution in [0.3, 0.4) is 0 Å². The number of halogens is 3. The lowest BCUT2D eigenvalue weighted by atomic mass is 10.1. The maximum Gasteiger partial charge on any atom is 0.416 e. The summed E-state index contributed by atoms with van der Waals surface area (Å²) in [6.07, 6.45) is -2.07. The van der Waals surface area contributed by atoms with Gasteiger partial charge in [-0.25, -0.2) is 4.98 Å². The van der Waals surface area contributed by atoms with Crippen LogP contribution < -0.4 is 26.6 Å². The van der Waals surface area contributed by atoms with E-state index in [2.05, 4.69) is 43.1 Å². The van der Waals surface area contributed by atoms with Gasteiger partial charge in [-0.3, -0.25) is 14.4 Å². The molecule has 0 atom stereocenters. The van der Waals surface area contributed by atoms with Crippen molar-refractivity contribution in [2.45, 2.75) is 20.0 Å². The predicted octanol–water partition coefficient (Wildman–Crippen LogP) is 6.53. The smallest absolute Gasteiger partial charge is 0.372 e. The van der Waals surface area contributed by atoms with Crippen molar-refractivity contribution < 1.29 is 27.6 Å². The molecule has 4 rings (SSSR count). The largest absolute Gasteiger partial charge is 0.416 e. The molecule has 13 heteroatoms. The average Bonchev–Trinajstić information content (AvgIpc) is 2.99. The van der Waals surface area contributed by atoms with Crippen molar-refractivity contribution in [3.05, 3.63) is 107 Å². The van der Waals surface area contributed by atoms with E-state index in [1.807, 2.05) is 6.92 Å². The average molecular weight is 604 g/mol. The van der Waals surface area contributed by atoms with Crippen LogP contribution in [-0.2, 0) is 11.0 Å². The molecule has 1 heterocycles. The van der Waals surface area contributed by atoms with Crippen LogP contribution in [0.25, 0.3) is 0 Å². The summed E-state index contributed by atoms with van der Waals surface area (Å²) in [5, 5.41) is 13.8. The van der Waals surface area contributed by atoms with Gasteiger partial charge in [0.05, 0.1) is 5.56 Å². The molecule has 0 bridgehead atoms. The molecule has 0 aliphatic carbocycles. The van der Waals surface area contributed by atoms with Crippen molar-refractivity contribution in [3.63, 3.8) is 0 Å². The van der Waals surface area contributed by atoms with E-state index in [0.717, 1.165) is 17.7 Å². The number of hydrogen-bond donors (Lipinski definition) is 5. The second kappa shape index (κ2) is 13.1. The van der Waals surface area contributed by atoms with Crippen molar-refractivity contribution in [3.8, 4) is 0 Å². The van der Waals surface area contributed by atoms with E-state index in [4.69, 9.17) is 0 Å². The molecule has 0 unspecified atom stereocenters. The molecule has 1 aromatic heterocycles. The quantitative estimate of drug-likeness (QED) is 0.137. The van der Waals surface area contributed by atoms with E-state index in [1.165, 1.54) is 36.5 Å². The van der Waals surface area contributed by atoms with E-state index in [-0.39, 0.29) is 34.5 Å². The highest BCUT2D eigenvalue weighted by atomic mass is 19.4. The summed E-state index contributed by atoms with van der Waals surface area (Å²) in [4.78, 5) is 46.4. The Balaban J connectivity index is 1.50. The topological polar surface area (TPSA) is 137 Å². The molecule has 0 saturated heterocycles. The van der Waals surface area contributed by atoms with Crippen LogP contribution in [0.4, 0.5) is 47.7 Å². The Bertz CT molecular complexity index is 1760. The Morgan fingerprint density at radius 3 is 2.23 bits per heavy atom. The standard InChI is InChI=1S/C31H28F3N7O3/c1-5-26(42)39-25-15-22(12-10-18(25)3)38-30-36-16-23(27(35-4)41-30)29(44)40-24-13-19(11-9-17(24)2)28(43)37-21-8-6-7-20(14-21)31(32,33)34/h5-16H,1H2,2-4H3,(H,37,43)(H,39,42)(H,40,44)(H2,35,36,38,41). The number of amides is 3.